The number of benzene rings is 2. The van der Waals surface area contributed by atoms with Gasteiger partial charge in [-0.3, -0.25) is 0 Å². The Hall–Kier alpha value is -2.82. The van der Waals surface area contributed by atoms with E-state index in [0.717, 1.165) is 22.6 Å². The fourth-order valence-corrected chi connectivity index (χ4v) is 2.40. The van der Waals surface area contributed by atoms with Crippen LogP contribution in [0.25, 0.3) is 16.9 Å². The van der Waals surface area contributed by atoms with Crippen LogP contribution >= 0.6 is 0 Å². The molecule has 5 heteroatoms. The van der Waals surface area contributed by atoms with Gasteiger partial charge in [-0.15, -0.1) is 5.10 Å². The van der Waals surface area contributed by atoms with Gasteiger partial charge in [0.2, 0.25) is 0 Å². The third-order valence-electron chi connectivity index (χ3n) is 3.49. The van der Waals surface area contributed by atoms with Crippen molar-refractivity contribution in [3.63, 3.8) is 0 Å². The van der Waals surface area contributed by atoms with Crippen molar-refractivity contribution in [3.8, 4) is 22.7 Å². The number of nitrogen functional groups attached to an aromatic ring is 1. The van der Waals surface area contributed by atoms with Gasteiger partial charge in [-0.1, -0.05) is 35.5 Å². The fourth-order valence-electron chi connectivity index (χ4n) is 2.40. The largest absolute Gasteiger partial charge is 0.493 e. The average molecular weight is 294 g/mol. The predicted octanol–water partition coefficient (Wildman–Crippen LogP) is 3.22. The van der Waals surface area contributed by atoms with Crippen molar-refractivity contribution in [2.75, 3.05) is 12.3 Å². The van der Waals surface area contributed by atoms with E-state index < -0.39 is 0 Å². The van der Waals surface area contributed by atoms with Gasteiger partial charge in [0.15, 0.2) is 5.82 Å². The van der Waals surface area contributed by atoms with Crippen molar-refractivity contribution in [3.05, 3.63) is 54.1 Å². The van der Waals surface area contributed by atoms with E-state index in [2.05, 4.69) is 10.3 Å². The van der Waals surface area contributed by atoms with Gasteiger partial charge in [0.05, 0.1) is 12.3 Å². The highest BCUT2D eigenvalue weighted by Crippen LogP contribution is 2.33. The molecule has 0 atom stereocenters. The molecule has 3 aromatic rings. The van der Waals surface area contributed by atoms with E-state index in [1.807, 2.05) is 62.4 Å². The van der Waals surface area contributed by atoms with Crippen LogP contribution in [0.2, 0.25) is 0 Å². The highest BCUT2D eigenvalue weighted by molar-refractivity contribution is 5.76. The van der Waals surface area contributed by atoms with Crippen LogP contribution in [-0.4, -0.2) is 21.6 Å². The summed E-state index contributed by atoms with van der Waals surface area (Å²) in [6.07, 6.45) is 0. The summed E-state index contributed by atoms with van der Waals surface area (Å²) in [5.74, 6) is 1.26. The van der Waals surface area contributed by atoms with E-state index in [1.54, 1.807) is 4.68 Å². The Kier molecular flexibility index (Phi) is 3.78. The summed E-state index contributed by atoms with van der Waals surface area (Å²) in [7, 11) is 0. The number of aromatic nitrogens is 3. The van der Waals surface area contributed by atoms with Crippen LogP contribution in [0.4, 0.5) is 5.82 Å². The molecule has 0 bridgehead atoms. The number of hydrogen-bond acceptors (Lipinski definition) is 4. The summed E-state index contributed by atoms with van der Waals surface area (Å²) >= 11 is 0. The molecule has 0 amide bonds. The minimum Gasteiger partial charge on any atom is -0.493 e. The molecule has 0 unspecified atom stereocenters. The third kappa shape index (κ3) is 2.41. The lowest BCUT2D eigenvalue weighted by molar-refractivity contribution is 0.341. The van der Waals surface area contributed by atoms with Gasteiger partial charge in [-0.25, -0.2) is 0 Å². The normalized spacial score (nSPS) is 10.6. The van der Waals surface area contributed by atoms with Crippen molar-refractivity contribution < 1.29 is 4.74 Å². The van der Waals surface area contributed by atoms with Crippen LogP contribution in [0.15, 0.2) is 48.5 Å². The standard InChI is InChI=1S/C17H18N4O/c1-3-22-15-11-7-5-9-13(15)16-17(18)21(20-19-16)14-10-6-4-8-12(14)2/h4-11H,3,18H2,1-2H3. The van der Waals surface area contributed by atoms with Crippen LogP contribution < -0.4 is 10.5 Å². The van der Waals surface area contributed by atoms with E-state index in [-0.39, 0.29) is 0 Å². The Labute approximate surface area is 129 Å². The van der Waals surface area contributed by atoms with Crippen LogP contribution in [0.5, 0.6) is 5.75 Å². The van der Waals surface area contributed by atoms with Crippen molar-refractivity contribution in [2.45, 2.75) is 13.8 Å². The molecule has 2 N–H and O–H groups in total. The highest BCUT2D eigenvalue weighted by Gasteiger charge is 2.17. The van der Waals surface area contributed by atoms with Gasteiger partial charge in [0.1, 0.15) is 11.4 Å². The summed E-state index contributed by atoms with van der Waals surface area (Å²) in [6.45, 7) is 4.55. The smallest absolute Gasteiger partial charge is 0.156 e. The fraction of sp³-hybridized carbons (Fsp3) is 0.176. The molecule has 0 saturated carbocycles. The third-order valence-corrected chi connectivity index (χ3v) is 3.49. The second-order valence-electron chi connectivity index (χ2n) is 4.95. The SMILES string of the molecule is CCOc1ccccc1-c1nnn(-c2ccccc2C)c1N. The molecular weight excluding hydrogens is 276 g/mol. The lowest BCUT2D eigenvalue weighted by Gasteiger charge is -2.09. The van der Waals surface area contributed by atoms with Crippen molar-refractivity contribution in [2.24, 2.45) is 0 Å². The molecule has 22 heavy (non-hydrogen) atoms. The maximum absolute atomic E-state index is 6.28. The number of aryl methyl sites for hydroxylation is 1. The molecule has 112 valence electrons. The zero-order valence-corrected chi connectivity index (χ0v) is 12.7. The highest BCUT2D eigenvalue weighted by atomic mass is 16.5. The second kappa shape index (κ2) is 5.89. The van der Waals surface area contributed by atoms with Gasteiger partial charge in [-0.05, 0) is 37.6 Å². The molecule has 3 rings (SSSR count). The van der Waals surface area contributed by atoms with Crippen molar-refractivity contribution in [1.82, 2.24) is 15.0 Å². The number of nitrogens with two attached hydrogens (primary N) is 1. The topological polar surface area (TPSA) is 66.0 Å². The molecule has 0 aliphatic carbocycles. The molecule has 0 aliphatic rings. The van der Waals surface area contributed by atoms with Crippen LogP contribution in [0, 0.1) is 6.92 Å². The van der Waals surface area contributed by atoms with Gasteiger partial charge < -0.3 is 10.5 Å². The first kappa shape index (κ1) is 14.1. The number of nitrogens with zero attached hydrogens (tertiary/aromatic N) is 3. The van der Waals surface area contributed by atoms with E-state index in [9.17, 15) is 0 Å². The minimum atomic E-state index is 0.501. The summed E-state index contributed by atoms with van der Waals surface area (Å²) in [5.41, 5.74) is 9.77. The van der Waals surface area contributed by atoms with E-state index in [1.165, 1.54) is 0 Å². The van der Waals surface area contributed by atoms with Gasteiger partial charge in [-0.2, -0.15) is 4.68 Å². The number of rotatable bonds is 4. The number of para-hydroxylation sites is 2. The molecule has 0 fully saturated rings. The van der Waals surface area contributed by atoms with Crippen molar-refractivity contribution >= 4 is 5.82 Å². The average Bonchev–Trinajstić information content (AvgIpc) is 2.90. The zero-order chi connectivity index (χ0) is 15.5. The molecule has 0 saturated heterocycles. The quantitative estimate of drug-likeness (QED) is 0.802. The number of ether oxygens (including phenoxy) is 1. The Morgan fingerprint density at radius 1 is 1.09 bits per heavy atom. The summed E-state index contributed by atoms with van der Waals surface area (Å²) < 4.78 is 7.31. The minimum absolute atomic E-state index is 0.501. The van der Waals surface area contributed by atoms with Gasteiger partial charge in [0.25, 0.3) is 0 Å². The molecular formula is C17H18N4O. The van der Waals surface area contributed by atoms with Gasteiger partial charge >= 0.3 is 0 Å². The Bertz CT molecular complexity index is 795. The van der Waals surface area contributed by atoms with E-state index in [4.69, 9.17) is 10.5 Å². The molecule has 5 nitrogen and oxygen atoms in total. The Morgan fingerprint density at radius 2 is 1.82 bits per heavy atom. The van der Waals surface area contributed by atoms with Crippen LogP contribution in [0.1, 0.15) is 12.5 Å². The number of anilines is 1. The van der Waals surface area contributed by atoms with Crippen LogP contribution in [0.3, 0.4) is 0 Å². The summed E-state index contributed by atoms with van der Waals surface area (Å²) in [5, 5.41) is 8.46. The second-order valence-corrected chi connectivity index (χ2v) is 4.95. The zero-order valence-electron chi connectivity index (χ0n) is 12.7. The van der Waals surface area contributed by atoms with E-state index in [0.29, 0.717) is 18.1 Å². The molecule has 1 heterocycles. The molecule has 0 spiro atoms. The summed E-state index contributed by atoms with van der Waals surface area (Å²) in [6, 6.07) is 15.6. The number of hydrogen-bond donors (Lipinski definition) is 1. The van der Waals surface area contributed by atoms with Crippen LogP contribution in [-0.2, 0) is 0 Å². The first-order chi connectivity index (χ1) is 10.7. The van der Waals surface area contributed by atoms with Gasteiger partial charge in [0, 0.05) is 5.56 Å². The monoisotopic (exact) mass is 294 g/mol. The van der Waals surface area contributed by atoms with E-state index >= 15 is 0 Å². The first-order valence-electron chi connectivity index (χ1n) is 7.21. The maximum atomic E-state index is 6.28. The predicted molar refractivity (Wildman–Crippen MR) is 87.1 cm³/mol. The van der Waals surface area contributed by atoms with Crippen molar-refractivity contribution in [1.29, 1.82) is 0 Å². The lowest BCUT2D eigenvalue weighted by atomic mass is 10.1. The molecule has 0 aliphatic heterocycles. The molecule has 2 aromatic carbocycles. The molecule has 1 aromatic heterocycles. The molecule has 0 radical (unpaired) electrons. The lowest BCUT2D eigenvalue weighted by Crippen LogP contribution is -2.04. The first-order valence-corrected chi connectivity index (χ1v) is 7.21. The summed E-state index contributed by atoms with van der Waals surface area (Å²) in [4.78, 5) is 0. The Balaban J connectivity index is 2.11. The maximum Gasteiger partial charge on any atom is 0.156 e. The Morgan fingerprint density at radius 3 is 2.59 bits per heavy atom.